The van der Waals surface area contributed by atoms with Crippen LogP contribution in [0.4, 0.5) is 0 Å². The van der Waals surface area contributed by atoms with E-state index in [2.05, 4.69) is 37.7 Å². The number of likely N-dealkylation sites (tertiary alicyclic amines) is 1. The molecular formula is C14H30N2O. The standard InChI is InChI=1S/C14H30N2O/c1-13(2,17)8-10-15(5)11-12-7-9-16(6)14(12,3)4/h12,17H,7-11H2,1-6H3. The molecular weight excluding hydrogens is 212 g/mol. The van der Waals surface area contributed by atoms with Crippen LogP contribution >= 0.6 is 0 Å². The van der Waals surface area contributed by atoms with Crippen LogP contribution in [0.5, 0.6) is 0 Å². The zero-order chi connectivity index (χ0) is 13.3. The predicted molar refractivity (Wildman–Crippen MR) is 73.2 cm³/mol. The van der Waals surface area contributed by atoms with Crippen molar-refractivity contribution in [2.75, 3.05) is 33.7 Å². The Balaban J connectivity index is 2.39. The van der Waals surface area contributed by atoms with Crippen LogP contribution in [0, 0.1) is 5.92 Å². The van der Waals surface area contributed by atoms with Gasteiger partial charge in [-0.15, -0.1) is 0 Å². The van der Waals surface area contributed by atoms with Crippen molar-refractivity contribution in [1.82, 2.24) is 9.80 Å². The van der Waals surface area contributed by atoms with Gasteiger partial charge in [0.1, 0.15) is 0 Å². The smallest absolute Gasteiger partial charge is 0.0603 e. The molecule has 1 rings (SSSR count). The minimum absolute atomic E-state index is 0.309. The number of rotatable bonds is 5. The van der Waals surface area contributed by atoms with Crippen molar-refractivity contribution < 1.29 is 5.11 Å². The van der Waals surface area contributed by atoms with Crippen molar-refractivity contribution in [1.29, 1.82) is 0 Å². The lowest BCUT2D eigenvalue weighted by molar-refractivity contribution is 0.0561. The first-order valence-corrected chi connectivity index (χ1v) is 6.75. The fraction of sp³-hybridized carbons (Fsp3) is 1.00. The molecule has 0 bridgehead atoms. The molecule has 0 radical (unpaired) electrons. The average molecular weight is 242 g/mol. The van der Waals surface area contributed by atoms with Crippen molar-refractivity contribution in [2.24, 2.45) is 5.92 Å². The minimum atomic E-state index is -0.545. The summed E-state index contributed by atoms with van der Waals surface area (Å²) in [5, 5.41) is 9.74. The maximum absolute atomic E-state index is 9.74. The Labute approximate surface area is 107 Å². The SMILES string of the molecule is CN(CCC(C)(C)O)CC1CCN(C)C1(C)C. The van der Waals surface area contributed by atoms with Gasteiger partial charge in [0.05, 0.1) is 5.60 Å². The number of aliphatic hydroxyl groups is 1. The number of nitrogens with zero attached hydrogens (tertiary/aromatic N) is 2. The van der Waals surface area contributed by atoms with Crippen molar-refractivity contribution in [3.8, 4) is 0 Å². The molecule has 1 aliphatic rings. The van der Waals surface area contributed by atoms with E-state index in [0.29, 0.717) is 5.54 Å². The fourth-order valence-electron chi connectivity index (χ4n) is 2.55. The zero-order valence-electron chi connectivity index (χ0n) is 12.5. The molecule has 1 unspecified atom stereocenters. The second-order valence-corrected chi connectivity index (χ2v) is 6.89. The van der Waals surface area contributed by atoms with Gasteiger partial charge in [-0.2, -0.15) is 0 Å². The Hall–Kier alpha value is -0.120. The Morgan fingerprint density at radius 1 is 1.41 bits per heavy atom. The summed E-state index contributed by atoms with van der Waals surface area (Å²) in [6.07, 6.45) is 2.13. The van der Waals surface area contributed by atoms with Crippen LogP contribution in [0.2, 0.25) is 0 Å². The van der Waals surface area contributed by atoms with Crippen LogP contribution in [0.3, 0.4) is 0 Å². The van der Waals surface area contributed by atoms with E-state index in [1.54, 1.807) is 0 Å². The third kappa shape index (κ3) is 4.23. The summed E-state index contributed by atoms with van der Waals surface area (Å²) in [6.45, 7) is 11.8. The molecule has 3 nitrogen and oxygen atoms in total. The van der Waals surface area contributed by atoms with Gasteiger partial charge in [-0.05, 0) is 67.1 Å². The summed E-state index contributed by atoms with van der Waals surface area (Å²) in [6, 6.07) is 0. The molecule has 0 aromatic carbocycles. The molecule has 0 saturated carbocycles. The van der Waals surface area contributed by atoms with E-state index < -0.39 is 5.60 Å². The van der Waals surface area contributed by atoms with E-state index in [-0.39, 0.29) is 0 Å². The van der Waals surface area contributed by atoms with Gasteiger partial charge < -0.3 is 14.9 Å². The van der Waals surface area contributed by atoms with Crippen molar-refractivity contribution >= 4 is 0 Å². The van der Waals surface area contributed by atoms with Gasteiger partial charge in [0.25, 0.3) is 0 Å². The second kappa shape index (κ2) is 5.25. The summed E-state index contributed by atoms with van der Waals surface area (Å²) >= 11 is 0. The van der Waals surface area contributed by atoms with Gasteiger partial charge in [-0.1, -0.05) is 0 Å². The summed E-state index contributed by atoms with van der Waals surface area (Å²) in [5.41, 5.74) is -0.237. The molecule has 0 aromatic rings. The van der Waals surface area contributed by atoms with Gasteiger partial charge in [-0.3, -0.25) is 0 Å². The minimum Gasteiger partial charge on any atom is -0.390 e. The van der Waals surface area contributed by atoms with Crippen molar-refractivity contribution in [2.45, 2.75) is 51.7 Å². The first-order valence-electron chi connectivity index (χ1n) is 6.75. The van der Waals surface area contributed by atoms with Crippen LogP contribution < -0.4 is 0 Å². The highest BCUT2D eigenvalue weighted by atomic mass is 16.3. The molecule has 1 atom stereocenters. The largest absolute Gasteiger partial charge is 0.390 e. The van der Waals surface area contributed by atoms with E-state index in [1.165, 1.54) is 13.0 Å². The lowest BCUT2D eigenvalue weighted by Gasteiger charge is -2.36. The second-order valence-electron chi connectivity index (χ2n) is 6.89. The van der Waals surface area contributed by atoms with Crippen LogP contribution in [0.25, 0.3) is 0 Å². The van der Waals surface area contributed by atoms with Gasteiger partial charge in [0.15, 0.2) is 0 Å². The van der Waals surface area contributed by atoms with Crippen LogP contribution in [-0.4, -0.2) is 59.8 Å². The Bertz CT molecular complexity index is 245. The van der Waals surface area contributed by atoms with E-state index in [0.717, 1.165) is 25.4 Å². The van der Waals surface area contributed by atoms with Gasteiger partial charge in [0, 0.05) is 18.6 Å². The van der Waals surface area contributed by atoms with E-state index in [1.807, 2.05) is 13.8 Å². The van der Waals surface area contributed by atoms with E-state index in [9.17, 15) is 5.11 Å². The van der Waals surface area contributed by atoms with E-state index in [4.69, 9.17) is 0 Å². The normalized spacial score (nSPS) is 25.8. The summed E-state index contributed by atoms with van der Waals surface area (Å²) in [7, 11) is 4.39. The Morgan fingerprint density at radius 2 is 2.00 bits per heavy atom. The lowest BCUT2D eigenvalue weighted by atomic mass is 9.88. The summed E-state index contributed by atoms with van der Waals surface area (Å²) < 4.78 is 0. The van der Waals surface area contributed by atoms with Crippen LogP contribution in [0.15, 0.2) is 0 Å². The van der Waals surface area contributed by atoms with Crippen molar-refractivity contribution in [3.63, 3.8) is 0 Å². The maximum Gasteiger partial charge on any atom is 0.0603 e. The molecule has 17 heavy (non-hydrogen) atoms. The van der Waals surface area contributed by atoms with Crippen LogP contribution in [-0.2, 0) is 0 Å². The molecule has 1 fully saturated rings. The molecule has 1 N–H and O–H groups in total. The first kappa shape index (κ1) is 14.9. The molecule has 1 aliphatic heterocycles. The molecule has 0 aromatic heterocycles. The van der Waals surface area contributed by atoms with Crippen LogP contribution in [0.1, 0.15) is 40.5 Å². The molecule has 0 amide bonds. The highest BCUT2D eigenvalue weighted by Gasteiger charge is 2.39. The molecule has 1 saturated heterocycles. The molecule has 102 valence electrons. The quantitative estimate of drug-likeness (QED) is 0.796. The molecule has 3 heteroatoms. The monoisotopic (exact) mass is 242 g/mol. The molecule has 0 spiro atoms. The highest BCUT2D eigenvalue weighted by Crippen LogP contribution is 2.33. The predicted octanol–water partition coefficient (Wildman–Crippen LogP) is 1.81. The Kier molecular flexibility index (Phi) is 4.61. The highest BCUT2D eigenvalue weighted by molar-refractivity contribution is 4.94. The zero-order valence-corrected chi connectivity index (χ0v) is 12.5. The molecule has 0 aliphatic carbocycles. The average Bonchev–Trinajstić information content (AvgIpc) is 2.41. The lowest BCUT2D eigenvalue weighted by Crippen LogP contribution is -2.44. The summed E-state index contributed by atoms with van der Waals surface area (Å²) in [5.74, 6) is 0.735. The van der Waals surface area contributed by atoms with Gasteiger partial charge in [-0.25, -0.2) is 0 Å². The van der Waals surface area contributed by atoms with Gasteiger partial charge in [0.2, 0.25) is 0 Å². The number of hydrogen-bond donors (Lipinski definition) is 1. The Morgan fingerprint density at radius 3 is 2.41 bits per heavy atom. The summed E-state index contributed by atoms with van der Waals surface area (Å²) in [4.78, 5) is 4.82. The maximum atomic E-state index is 9.74. The van der Waals surface area contributed by atoms with Gasteiger partial charge >= 0.3 is 0 Å². The number of hydrogen-bond acceptors (Lipinski definition) is 3. The third-order valence-corrected chi connectivity index (χ3v) is 4.43. The first-order chi connectivity index (χ1) is 7.63. The fourth-order valence-corrected chi connectivity index (χ4v) is 2.55. The van der Waals surface area contributed by atoms with E-state index >= 15 is 0 Å². The van der Waals surface area contributed by atoms with Crippen molar-refractivity contribution in [3.05, 3.63) is 0 Å². The molecule has 1 heterocycles. The topological polar surface area (TPSA) is 26.7 Å². The third-order valence-electron chi connectivity index (χ3n) is 4.43.